The zero-order valence-corrected chi connectivity index (χ0v) is 10.3. The molecule has 0 atom stereocenters. The van der Waals surface area contributed by atoms with Crippen LogP contribution in [0.1, 0.15) is 32.8 Å². The lowest BCUT2D eigenvalue weighted by molar-refractivity contribution is -0.171. The minimum absolute atomic E-state index is 0.303. The Hall–Kier alpha value is -0.900. The van der Waals surface area contributed by atoms with Gasteiger partial charge in [-0.05, 0) is 13.8 Å². The molecular formula is C13H22O3. The maximum Gasteiger partial charge on any atom is 0.189 e. The molecule has 0 radical (unpaired) electrons. The van der Waals surface area contributed by atoms with Crippen LogP contribution < -0.4 is 0 Å². The van der Waals surface area contributed by atoms with Gasteiger partial charge in [0.25, 0.3) is 0 Å². The van der Waals surface area contributed by atoms with E-state index in [9.17, 15) is 10.2 Å². The summed E-state index contributed by atoms with van der Waals surface area (Å²) in [6, 6.07) is 8.81. The molecule has 0 spiro atoms. The van der Waals surface area contributed by atoms with Crippen molar-refractivity contribution < 1.29 is 14.9 Å². The molecule has 92 valence electrons. The van der Waals surface area contributed by atoms with Gasteiger partial charge in [0, 0.05) is 25.2 Å². The van der Waals surface area contributed by atoms with Crippen molar-refractivity contribution in [3.05, 3.63) is 35.9 Å². The fourth-order valence-electron chi connectivity index (χ4n) is 1.11. The van der Waals surface area contributed by atoms with Crippen LogP contribution in [-0.4, -0.2) is 23.4 Å². The molecule has 0 bridgehead atoms. The summed E-state index contributed by atoms with van der Waals surface area (Å²) in [4.78, 5) is 0. The minimum atomic E-state index is -1.67. The standard InChI is InChI=1S/C9H12O2.C4H10O/c1-2-9(10,11)8-6-4-3-5-7-8;1-3-5-4-2/h3-7,10-11H,2H2,1H3;3-4H2,1-2H3. The molecular weight excluding hydrogens is 204 g/mol. The van der Waals surface area contributed by atoms with Gasteiger partial charge in [0.1, 0.15) is 0 Å². The molecule has 0 fully saturated rings. The highest BCUT2D eigenvalue weighted by atomic mass is 16.5. The molecule has 0 heterocycles. The fourth-order valence-corrected chi connectivity index (χ4v) is 1.11. The quantitative estimate of drug-likeness (QED) is 0.774. The lowest BCUT2D eigenvalue weighted by Gasteiger charge is -2.19. The zero-order chi connectivity index (χ0) is 12.4. The Morgan fingerprint density at radius 3 is 1.81 bits per heavy atom. The highest BCUT2D eigenvalue weighted by Gasteiger charge is 2.21. The van der Waals surface area contributed by atoms with Crippen molar-refractivity contribution >= 4 is 0 Å². The van der Waals surface area contributed by atoms with Crippen LogP contribution in [0, 0.1) is 0 Å². The van der Waals surface area contributed by atoms with E-state index in [1.54, 1.807) is 31.2 Å². The van der Waals surface area contributed by atoms with Crippen LogP contribution in [0.5, 0.6) is 0 Å². The summed E-state index contributed by atoms with van der Waals surface area (Å²) in [5, 5.41) is 18.7. The van der Waals surface area contributed by atoms with E-state index in [0.29, 0.717) is 12.0 Å². The zero-order valence-electron chi connectivity index (χ0n) is 10.3. The van der Waals surface area contributed by atoms with Crippen LogP contribution >= 0.6 is 0 Å². The molecule has 3 nitrogen and oxygen atoms in total. The van der Waals surface area contributed by atoms with Gasteiger partial charge >= 0.3 is 0 Å². The van der Waals surface area contributed by atoms with Gasteiger partial charge in [0.15, 0.2) is 5.79 Å². The summed E-state index contributed by atoms with van der Waals surface area (Å²) in [6.45, 7) is 7.40. The molecule has 1 rings (SSSR count). The number of hydrogen-bond donors (Lipinski definition) is 2. The average molecular weight is 226 g/mol. The van der Waals surface area contributed by atoms with Crippen molar-refractivity contribution in [1.29, 1.82) is 0 Å². The minimum Gasteiger partial charge on any atom is -0.382 e. The van der Waals surface area contributed by atoms with E-state index >= 15 is 0 Å². The van der Waals surface area contributed by atoms with Crippen molar-refractivity contribution in [2.24, 2.45) is 0 Å². The van der Waals surface area contributed by atoms with Crippen molar-refractivity contribution in [2.45, 2.75) is 33.0 Å². The van der Waals surface area contributed by atoms with E-state index < -0.39 is 5.79 Å². The van der Waals surface area contributed by atoms with E-state index in [0.717, 1.165) is 13.2 Å². The number of ether oxygens (including phenoxy) is 1. The van der Waals surface area contributed by atoms with Gasteiger partial charge in [0.05, 0.1) is 0 Å². The average Bonchev–Trinajstić information content (AvgIpc) is 2.32. The summed E-state index contributed by atoms with van der Waals surface area (Å²) in [5.74, 6) is -1.67. The molecule has 16 heavy (non-hydrogen) atoms. The molecule has 0 aliphatic heterocycles. The van der Waals surface area contributed by atoms with Crippen LogP contribution in [0.15, 0.2) is 30.3 Å². The van der Waals surface area contributed by atoms with Gasteiger partial charge in [0.2, 0.25) is 0 Å². The summed E-state index contributed by atoms with van der Waals surface area (Å²) in [7, 11) is 0. The van der Waals surface area contributed by atoms with Gasteiger partial charge in [-0.25, -0.2) is 0 Å². The third kappa shape index (κ3) is 5.85. The Labute approximate surface area is 97.7 Å². The SMILES string of the molecule is CCC(O)(O)c1ccccc1.CCOCC. The van der Waals surface area contributed by atoms with E-state index in [2.05, 4.69) is 0 Å². The summed E-state index contributed by atoms with van der Waals surface area (Å²) in [5.41, 5.74) is 0.544. The predicted octanol–water partition coefficient (Wildman–Crippen LogP) is 2.28. The Kier molecular flexibility index (Phi) is 7.81. The Morgan fingerprint density at radius 1 is 1.00 bits per heavy atom. The van der Waals surface area contributed by atoms with Crippen LogP contribution in [0.25, 0.3) is 0 Å². The molecule has 2 N–H and O–H groups in total. The Balaban J connectivity index is 0.000000385. The molecule has 0 saturated heterocycles. The van der Waals surface area contributed by atoms with Crippen LogP contribution in [0.3, 0.4) is 0 Å². The van der Waals surface area contributed by atoms with Gasteiger partial charge in [-0.15, -0.1) is 0 Å². The first kappa shape index (κ1) is 15.1. The second-order valence-corrected chi connectivity index (χ2v) is 3.32. The van der Waals surface area contributed by atoms with E-state index in [-0.39, 0.29) is 0 Å². The Bertz CT molecular complexity index is 255. The largest absolute Gasteiger partial charge is 0.382 e. The third-order valence-electron chi connectivity index (χ3n) is 2.14. The first-order chi connectivity index (χ1) is 7.58. The van der Waals surface area contributed by atoms with E-state index in [4.69, 9.17) is 4.74 Å². The van der Waals surface area contributed by atoms with Gasteiger partial charge in [-0.3, -0.25) is 0 Å². The number of aliphatic hydroxyl groups is 2. The maximum atomic E-state index is 9.35. The topological polar surface area (TPSA) is 49.7 Å². The molecule has 0 saturated carbocycles. The lowest BCUT2D eigenvalue weighted by atomic mass is 10.0. The first-order valence-electron chi connectivity index (χ1n) is 5.66. The van der Waals surface area contributed by atoms with Crippen molar-refractivity contribution in [3.8, 4) is 0 Å². The molecule has 0 amide bonds. The Morgan fingerprint density at radius 2 is 1.50 bits per heavy atom. The van der Waals surface area contributed by atoms with E-state index in [1.807, 2.05) is 19.9 Å². The summed E-state index contributed by atoms with van der Waals surface area (Å²) < 4.78 is 4.83. The third-order valence-corrected chi connectivity index (χ3v) is 2.14. The second-order valence-electron chi connectivity index (χ2n) is 3.32. The predicted molar refractivity (Wildman–Crippen MR) is 65.0 cm³/mol. The van der Waals surface area contributed by atoms with Crippen LogP contribution in [-0.2, 0) is 10.5 Å². The highest BCUT2D eigenvalue weighted by Crippen LogP contribution is 2.20. The second kappa shape index (κ2) is 8.28. The molecule has 0 unspecified atom stereocenters. The normalized spacial score (nSPS) is 10.6. The van der Waals surface area contributed by atoms with Crippen LogP contribution in [0.2, 0.25) is 0 Å². The smallest absolute Gasteiger partial charge is 0.189 e. The maximum absolute atomic E-state index is 9.35. The molecule has 1 aromatic carbocycles. The van der Waals surface area contributed by atoms with Crippen molar-refractivity contribution in [3.63, 3.8) is 0 Å². The number of rotatable bonds is 4. The van der Waals surface area contributed by atoms with Gasteiger partial charge in [-0.1, -0.05) is 37.3 Å². The molecule has 0 aliphatic carbocycles. The molecule has 1 aromatic rings. The summed E-state index contributed by atoms with van der Waals surface area (Å²) >= 11 is 0. The molecule has 0 aromatic heterocycles. The van der Waals surface area contributed by atoms with Crippen molar-refractivity contribution in [1.82, 2.24) is 0 Å². The molecule has 0 aliphatic rings. The van der Waals surface area contributed by atoms with E-state index in [1.165, 1.54) is 0 Å². The van der Waals surface area contributed by atoms with Gasteiger partial charge < -0.3 is 14.9 Å². The monoisotopic (exact) mass is 226 g/mol. The lowest BCUT2D eigenvalue weighted by Crippen LogP contribution is -2.23. The summed E-state index contributed by atoms with van der Waals surface area (Å²) in [6.07, 6.45) is 0.303. The molecule has 3 heteroatoms. The highest BCUT2D eigenvalue weighted by molar-refractivity contribution is 5.19. The number of hydrogen-bond acceptors (Lipinski definition) is 3. The number of benzene rings is 1. The van der Waals surface area contributed by atoms with Gasteiger partial charge in [-0.2, -0.15) is 0 Å². The fraction of sp³-hybridized carbons (Fsp3) is 0.538. The first-order valence-corrected chi connectivity index (χ1v) is 5.66. The van der Waals surface area contributed by atoms with Crippen LogP contribution in [0.4, 0.5) is 0 Å². The van der Waals surface area contributed by atoms with Crippen molar-refractivity contribution in [2.75, 3.05) is 13.2 Å².